The van der Waals surface area contributed by atoms with Crippen LogP contribution in [0.15, 0.2) is 53.4 Å². The van der Waals surface area contributed by atoms with Gasteiger partial charge in [-0.05, 0) is 23.8 Å². The minimum Gasteiger partial charge on any atom is -0.508 e. The fraction of sp³-hybridized carbons (Fsp3) is 0.0769. The van der Waals surface area contributed by atoms with Crippen molar-refractivity contribution in [3.05, 3.63) is 59.1 Å². The van der Waals surface area contributed by atoms with Gasteiger partial charge in [-0.2, -0.15) is 8.42 Å². The first-order valence-electron chi connectivity index (χ1n) is 5.41. The van der Waals surface area contributed by atoms with E-state index < -0.39 is 10.1 Å². The topological polar surface area (TPSA) is 63.6 Å². The lowest BCUT2D eigenvalue weighted by molar-refractivity contribution is 0.308. The second-order valence-corrected chi connectivity index (χ2v) is 5.81. The Labute approximate surface area is 116 Å². The van der Waals surface area contributed by atoms with Crippen LogP contribution in [-0.4, -0.2) is 13.5 Å². The molecule has 0 spiro atoms. The molecule has 6 heteroatoms. The summed E-state index contributed by atoms with van der Waals surface area (Å²) in [4.78, 5) is -0.164. The molecule has 0 amide bonds. The average molecular weight is 299 g/mol. The molecule has 0 aliphatic rings. The molecule has 2 aromatic carbocycles. The highest BCUT2D eigenvalue weighted by molar-refractivity contribution is 7.86. The van der Waals surface area contributed by atoms with Gasteiger partial charge < -0.3 is 5.11 Å². The van der Waals surface area contributed by atoms with E-state index in [1.165, 1.54) is 12.1 Å². The zero-order chi connectivity index (χ0) is 13.9. The monoisotopic (exact) mass is 298 g/mol. The number of phenolic OH excluding ortho intramolecular Hbond substituents is 1. The van der Waals surface area contributed by atoms with Crippen LogP contribution in [0, 0.1) is 0 Å². The fourth-order valence-electron chi connectivity index (χ4n) is 1.48. The van der Waals surface area contributed by atoms with Crippen molar-refractivity contribution in [1.82, 2.24) is 0 Å². The SMILES string of the molecule is O=S(=O)(OCc1ccccc1)c1ccc(O)cc1Cl. The molecule has 0 saturated carbocycles. The standard InChI is InChI=1S/C13H11ClO4S/c14-12-8-11(15)6-7-13(12)19(16,17)18-9-10-4-2-1-3-5-10/h1-8,15H,9H2. The molecule has 0 bridgehead atoms. The smallest absolute Gasteiger partial charge is 0.298 e. The first kappa shape index (κ1) is 13.9. The summed E-state index contributed by atoms with van der Waals surface area (Å²) in [6.07, 6.45) is 0. The van der Waals surface area contributed by atoms with Gasteiger partial charge in [-0.15, -0.1) is 0 Å². The van der Waals surface area contributed by atoms with Crippen LogP contribution in [0.5, 0.6) is 5.75 Å². The van der Waals surface area contributed by atoms with Crippen molar-refractivity contribution in [2.75, 3.05) is 0 Å². The summed E-state index contributed by atoms with van der Waals surface area (Å²) in [5.74, 6) is -0.105. The van der Waals surface area contributed by atoms with Crippen LogP contribution < -0.4 is 0 Å². The Bertz CT molecular complexity index is 668. The third-order valence-corrected chi connectivity index (χ3v) is 4.16. The maximum absolute atomic E-state index is 11.9. The van der Waals surface area contributed by atoms with Crippen molar-refractivity contribution in [2.45, 2.75) is 11.5 Å². The van der Waals surface area contributed by atoms with Gasteiger partial charge in [0.25, 0.3) is 10.1 Å². The minimum absolute atomic E-state index is 0.0691. The molecular weight excluding hydrogens is 288 g/mol. The molecule has 0 aliphatic heterocycles. The van der Waals surface area contributed by atoms with E-state index >= 15 is 0 Å². The first-order valence-corrected chi connectivity index (χ1v) is 7.19. The molecular formula is C13H11ClO4S. The third-order valence-electron chi connectivity index (χ3n) is 2.41. The van der Waals surface area contributed by atoms with Crippen LogP contribution in [-0.2, 0) is 20.9 Å². The van der Waals surface area contributed by atoms with Crippen LogP contribution in [0.1, 0.15) is 5.56 Å². The summed E-state index contributed by atoms with van der Waals surface area (Å²) in [6.45, 7) is -0.0691. The molecule has 0 saturated heterocycles. The van der Waals surface area contributed by atoms with E-state index in [1.807, 2.05) is 6.07 Å². The molecule has 2 aromatic rings. The lowest BCUT2D eigenvalue weighted by atomic mass is 10.2. The van der Waals surface area contributed by atoms with Gasteiger partial charge in [0, 0.05) is 0 Å². The van der Waals surface area contributed by atoms with Crippen LogP contribution in [0.3, 0.4) is 0 Å². The Morgan fingerprint density at radius 1 is 1.11 bits per heavy atom. The summed E-state index contributed by atoms with van der Waals surface area (Å²) in [7, 11) is -3.95. The highest BCUT2D eigenvalue weighted by Crippen LogP contribution is 2.27. The lowest BCUT2D eigenvalue weighted by Gasteiger charge is -2.07. The zero-order valence-electron chi connectivity index (χ0n) is 9.78. The maximum atomic E-state index is 11.9. The molecule has 19 heavy (non-hydrogen) atoms. The largest absolute Gasteiger partial charge is 0.508 e. The van der Waals surface area contributed by atoms with Crippen molar-refractivity contribution in [2.24, 2.45) is 0 Å². The van der Waals surface area contributed by atoms with Gasteiger partial charge in [0.05, 0.1) is 11.6 Å². The van der Waals surface area contributed by atoms with E-state index in [0.29, 0.717) is 0 Å². The van der Waals surface area contributed by atoms with Gasteiger partial charge in [0.2, 0.25) is 0 Å². The van der Waals surface area contributed by atoms with Crippen molar-refractivity contribution >= 4 is 21.7 Å². The average Bonchev–Trinajstić information content (AvgIpc) is 2.37. The van der Waals surface area contributed by atoms with Crippen molar-refractivity contribution in [3.8, 4) is 5.75 Å². The number of benzene rings is 2. The lowest BCUT2D eigenvalue weighted by Crippen LogP contribution is -2.07. The molecule has 100 valence electrons. The van der Waals surface area contributed by atoms with E-state index in [9.17, 15) is 13.5 Å². The van der Waals surface area contributed by atoms with Crippen LogP contribution in [0.2, 0.25) is 5.02 Å². The maximum Gasteiger partial charge on any atom is 0.298 e. The highest BCUT2D eigenvalue weighted by atomic mass is 35.5. The summed E-state index contributed by atoms with van der Waals surface area (Å²) in [5.41, 5.74) is 0.737. The minimum atomic E-state index is -3.95. The van der Waals surface area contributed by atoms with E-state index in [0.717, 1.165) is 11.6 Å². The summed E-state index contributed by atoms with van der Waals surface area (Å²) >= 11 is 5.78. The van der Waals surface area contributed by atoms with Gasteiger partial charge >= 0.3 is 0 Å². The van der Waals surface area contributed by atoms with E-state index in [2.05, 4.69) is 0 Å². The Kier molecular flexibility index (Phi) is 4.09. The summed E-state index contributed by atoms with van der Waals surface area (Å²) in [5, 5.41) is 9.12. The first-order chi connectivity index (χ1) is 8.99. The van der Waals surface area contributed by atoms with Crippen LogP contribution in [0.25, 0.3) is 0 Å². The Balaban J connectivity index is 2.19. The van der Waals surface area contributed by atoms with Gasteiger partial charge in [0.1, 0.15) is 10.6 Å². The molecule has 0 aromatic heterocycles. The molecule has 0 atom stereocenters. The molecule has 0 radical (unpaired) electrons. The highest BCUT2D eigenvalue weighted by Gasteiger charge is 2.19. The molecule has 0 aliphatic carbocycles. The fourth-order valence-corrected chi connectivity index (χ4v) is 2.88. The van der Waals surface area contributed by atoms with Gasteiger partial charge in [-0.25, -0.2) is 0 Å². The van der Waals surface area contributed by atoms with E-state index in [4.69, 9.17) is 15.8 Å². The quantitative estimate of drug-likeness (QED) is 0.882. The predicted molar refractivity (Wildman–Crippen MR) is 71.5 cm³/mol. The molecule has 1 N–H and O–H groups in total. The van der Waals surface area contributed by atoms with Crippen LogP contribution in [0.4, 0.5) is 0 Å². The van der Waals surface area contributed by atoms with Gasteiger partial charge in [-0.3, -0.25) is 4.18 Å². The summed E-state index contributed by atoms with van der Waals surface area (Å²) in [6, 6.07) is 12.5. The second kappa shape index (κ2) is 5.61. The van der Waals surface area contributed by atoms with Crippen LogP contribution >= 0.6 is 11.6 Å². The second-order valence-electron chi connectivity index (χ2n) is 3.82. The van der Waals surface area contributed by atoms with Gasteiger partial charge in [0.15, 0.2) is 0 Å². The Morgan fingerprint density at radius 2 is 1.79 bits per heavy atom. The Morgan fingerprint density at radius 3 is 2.42 bits per heavy atom. The van der Waals surface area contributed by atoms with E-state index in [1.54, 1.807) is 24.3 Å². The van der Waals surface area contributed by atoms with E-state index in [-0.39, 0.29) is 22.3 Å². The number of aromatic hydroxyl groups is 1. The van der Waals surface area contributed by atoms with Crippen molar-refractivity contribution < 1.29 is 17.7 Å². The molecule has 4 nitrogen and oxygen atoms in total. The predicted octanol–water partition coefficient (Wildman–Crippen LogP) is 2.95. The zero-order valence-corrected chi connectivity index (χ0v) is 11.4. The molecule has 0 fully saturated rings. The van der Waals surface area contributed by atoms with Crippen molar-refractivity contribution in [3.63, 3.8) is 0 Å². The molecule has 0 unspecified atom stereocenters. The number of hydrogen-bond donors (Lipinski definition) is 1. The number of hydrogen-bond acceptors (Lipinski definition) is 4. The van der Waals surface area contributed by atoms with Crippen molar-refractivity contribution in [1.29, 1.82) is 0 Å². The molecule has 2 rings (SSSR count). The number of phenols is 1. The molecule has 0 heterocycles. The number of rotatable bonds is 4. The summed E-state index contributed by atoms with van der Waals surface area (Å²) < 4.78 is 28.8. The normalized spacial score (nSPS) is 11.4. The number of halogens is 1. The van der Waals surface area contributed by atoms with Gasteiger partial charge in [-0.1, -0.05) is 41.9 Å². The Hall–Kier alpha value is -1.56. The third kappa shape index (κ3) is 3.47.